The lowest BCUT2D eigenvalue weighted by atomic mass is 10.1. The van der Waals surface area contributed by atoms with Crippen molar-refractivity contribution in [2.24, 2.45) is 0 Å². The van der Waals surface area contributed by atoms with E-state index in [2.05, 4.69) is 5.32 Å². The van der Waals surface area contributed by atoms with E-state index in [0.29, 0.717) is 23.7 Å². The fourth-order valence-electron chi connectivity index (χ4n) is 3.20. The van der Waals surface area contributed by atoms with Crippen molar-refractivity contribution in [2.45, 2.75) is 46.1 Å². The third kappa shape index (κ3) is 6.47. The van der Waals surface area contributed by atoms with Crippen LogP contribution in [-0.4, -0.2) is 33.2 Å². The van der Waals surface area contributed by atoms with Crippen LogP contribution < -0.4 is 9.62 Å². The standard InChI is InChI=1S/C22H29ClN2O3S/c1-5-21(22(26)24-14-6-7-18-9-11-19(23)12-10-18)25(29(4,27)28)20-13-8-16(2)17(3)15-20/h8-13,15,21H,5-7,14H2,1-4H3,(H,24,26). The van der Waals surface area contributed by atoms with Crippen LogP contribution in [0.25, 0.3) is 0 Å². The highest BCUT2D eigenvalue weighted by atomic mass is 35.5. The highest BCUT2D eigenvalue weighted by Gasteiger charge is 2.31. The molecule has 158 valence electrons. The number of aryl methyl sites for hydroxylation is 3. The van der Waals surface area contributed by atoms with Crippen LogP contribution in [0, 0.1) is 13.8 Å². The number of amides is 1. The van der Waals surface area contributed by atoms with Crippen molar-refractivity contribution in [3.8, 4) is 0 Å². The van der Waals surface area contributed by atoms with Gasteiger partial charge in [-0.15, -0.1) is 0 Å². The molecule has 29 heavy (non-hydrogen) atoms. The molecule has 0 aliphatic rings. The SMILES string of the molecule is CCC(C(=O)NCCCc1ccc(Cl)cc1)N(c1ccc(C)c(C)c1)S(C)(=O)=O. The van der Waals surface area contributed by atoms with Gasteiger partial charge in [0.05, 0.1) is 11.9 Å². The van der Waals surface area contributed by atoms with Crippen LogP contribution in [0.5, 0.6) is 0 Å². The average molecular weight is 437 g/mol. The van der Waals surface area contributed by atoms with Crippen LogP contribution in [-0.2, 0) is 21.2 Å². The maximum absolute atomic E-state index is 12.8. The van der Waals surface area contributed by atoms with E-state index in [4.69, 9.17) is 11.6 Å². The zero-order valence-electron chi connectivity index (χ0n) is 17.4. The quantitative estimate of drug-likeness (QED) is 0.597. The molecular formula is C22H29ClN2O3S. The topological polar surface area (TPSA) is 66.5 Å². The van der Waals surface area contributed by atoms with E-state index >= 15 is 0 Å². The first kappa shape index (κ1) is 23.2. The van der Waals surface area contributed by atoms with Crippen molar-refractivity contribution >= 4 is 33.2 Å². The first-order valence-corrected chi connectivity index (χ1v) is 11.9. The van der Waals surface area contributed by atoms with Crippen LogP contribution in [0.1, 0.15) is 36.5 Å². The van der Waals surface area contributed by atoms with Crippen LogP contribution in [0.4, 0.5) is 5.69 Å². The number of hydrogen-bond acceptors (Lipinski definition) is 3. The summed E-state index contributed by atoms with van der Waals surface area (Å²) in [7, 11) is -3.62. The largest absolute Gasteiger partial charge is 0.354 e. The molecule has 0 heterocycles. The van der Waals surface area contributed by atoms with Crippen molar-refractivity contribution in [1.29, 1.82) is 0 Å². The predicted octanol–water partition coefficient (Wildman–Crippen LogP) is 4.25. The molecular weight excluding hydrogens is 408 g/mol. The smallest absolute Gasteiger partial charge is 0.243 e. The molecule has 2 aromatic rings. The second kappa shape index (κ2) is 10.1. The van der Waals surface area contributed by atoms with Crippen molar-refractivity contribution < 1.29 is 13.2 Å². The Morgan fingerprint density at radius 2 is 1.76 bits per heavy atom. The molecule has 0 aromatic heterocycles. The highest BCUT2D eigenvalue weighted by molar-refractivity contribution is 7.92. The van der Waals surface area contributed by atoms with Gasteiger partial charge in [0.1, 0.15) is 6.04 Å². The van der Waals surface area contributed by atoms with Crippen LogP contribution >= 0.6 is 11.6 Å². The Morgan fingerprint density at radius 3 is 2.31 bits per heavy atom. The molecule has 0 aliphatic heterocycles. The van der Waals surface area contributed by atoms with Gasteiger partial charge in [-0.1, -0.05) is 36.7 Å². The molecule has 0 radical (unpaired) electrons. The average Bonchev–Trinajstić information content (AvgIpc) is 2.66. The predicted molar refractivity (Wildman–Crippen MR) is 120 cm³/mol. The van der Waals surface area contributed by atoms with Crippen molar-refractivity contribution in [3.05, 3.63) is 64.2 Å². The minimum atomic E-state index is -3.62. The molecule has 0 saturated heterocycles. The van der Waals surface area contributed by atoms with Gasteiger partial charge in [0, 0.05) is 11.6 Å². The third-order valence-electron chi connectivity index (χ3n) is 4.93. The molecule has 2 rings (SSSR count). The van der Waals surface area contributed by atoms with E-state index in [9.17, 15) is 13.2 Å². The minimum Gasteiger partial charge on any atom is -0.354 e. The summed E-state index contributed by atoms with van der Waals surface area (Å²) in [6.45, 7) is 6.19. The molecule has 0 bridgehead atoms. The van der Waals surface area contributed by atoms with Crippen LogP contribution in [0.2, 0.25) is 5.02 Å². The zero-order chi connectivity index (χ0) is 21.6. The maximum Gasteiger partial charge on any atom is 0.243 e. The molecule has 5 nitrogen and oxygen atoms in total. The molecule has 0 spiro atoms. The maximum atomic E-state index is 12.8. The lowest BCUT2D eigenvalue weighted by molar-refractivity contribution is -0.122. The van der Waals surface area contributed by atoms with Crippen molar-refractivity contribution in [2.75, 3.05) is 17.1 Å². The first-order chi connectivity index (χ1) is 13.6. The molecule has 1 unspecified atom stereocenters. The van der Waals surface area contributed by atoms with Crippen LogP contribution in [0.3, 0.4) is 0 Å². The molecule has 0 saturated carbocycles. The monoisotopic (exact) mass is 436 g/mol. The highest BCUT2D eigenvalue weighted by Crippen LogP contribution is 2.25. The van der Waals surface area contributed by atoms with E-state index in [1.54, 1.807) is 6.07 Å². The number of carbonyl (C=O) groups excluding carboxylic acids is 1. The second-order valence-corrected chi connectivity index (χ2v) is 9.57. The summed E-state index contributed by atoms with van der Waals surface area (Å²) >= 11 is 5.89. The molecule has 0 fully saturated rings. The Hall–Kier alpha value is -2.05. The number of benzene rings is 2. The fraction of sp³-hybridized carbons (Fsp3) is 0.409. The summed E-state index contributed by atoms with van der Waals surface area (Å²) in [6, 6.07) is 12.3. The van der Waals surface area contributed by atoms with Gasteiger partial charge >= 0.3 is 0 Å². The minimum absolute atomic E-state index is 0.285. The summed E-state index contributed by atoms with van der Waals surface area (Å²) < 4.78 is 26.3. The second-order valence-electron chi connectivity index (χ2n) is 7.27. The Bertz CT molecular complexity index is 943. The van der Waals surface area contributed by atoms with Crippen LogP contribution in [0.15, 0.2) is 42.5 Å². The van der Waals surface area contributed by atoms with Gasteiger partial charge in [-0.3, -0.25) is 9.10 Å². The van der Waals surface area contributed by atoms with E-state index in [1.165, 1.54) is 4.31 Å². The number of nitrogens with zero attached hydrogens (tertiary/aromatic N) is 1. The molecule has 1 atom stereocenters. The zero-order valence-corrected chi connectivity index (χ0v) is 19.0. The normalized spacial score (nSPS) is 12.4. The summed E-state index contributed by atoms with van der Waals surface area (Å²) in [5.74, 6) is -0.285. The summed E-state index contributed by atoms with van der Waals surface area (Å²) in [6.07, 6.45) is 3.08. The van der Waals surface area contributed by atoms with Gasteiger partial charge in [0.2, 0.25) is 15.9 Å². The number of rotatable bonds is 9. The third-order valence-corrected chi connectivity index (χ3v) is 6.36. The van der Waals surface area contributed by atoms with Gasteiger partial charge < -0.3 is 5.32 Å². The Morgan fingerprint density at radius 1 is 1.10 bits per heavy atom. The Balaban J connectivity index is 2.07. The van der Waals surface area contributed by atoms with Crippen molar-refractivity contribution in [3.63, 3.8) is 0 Å². The lowest BCUT2D eigenvalue weighted by Gasteiger charge is -2.30. The van der Waals surface area contributed by atoms with E-state index in [1.807, 2.05) is 57.2 Å². The lowest BCUT2D eigenvalue weighted by Crippen LogP contribution is -2.49. The summed E-state index contributed by atoms with van der Waals surface area (Å²) in [4.78, 5) is 12.8. The summed E-state index contributed by atoms with van der Waals surface area (Å²) in [5.41, 5.74) is 3.71. The number of sulfonamides is 1. The number of anilines is 1. The number of nitrogens with one attached hydrogen (secondary N) is 1. The van der Waals surface area contributed by atoms with Gasteiger partial charge in [-0.2, -0.15) is 0 Å². The number of hydrogen-bond donors (Lipinski definition) is 1. The number of halogens is 1. The molecule has 1 N–H and O–H groups in total. The van der Waals surface area contributed by atoms with E-state index in [-0.39, 0.29) is 5.91 Å². The number of carbonyl (C=O) groups is 1. The molecule has 0 aliphatic carbocycles. The van der Waals surface area contributed by atoms with E-state index < -0.39 is 16.1 Å². The molecule has 7 heteroatoms. The molecule has 1 amide bonds. The summed E-state index contributed by atoms with van der Waals surface area (Å²) in [5, 5.41) is 3.59. The Labute approximate surface area is 179 Å². The van der Waals surface area contributed by atoms with Gasteiger partial charge in [0.15, 0.2) is 0 Å². The Kier molecular flexibility index (Phi) is 8.11. The molecule has 2 aromatic carbocycles. The van der Waals surface area contributed by atoms with Gasteiger partial charge in [-0.05, 0) is 74.1 Å². The van der Waals surface area contributed by atoms with Gasteiger partial charge in [-0.25, -0.2) is 8.42 Å². The van der Waals surface area contributed by atoms with E-state index in [0.717, 1.165) is 35.8 Å². The first-order valence-electron chi connectivity index (χ1n) is 9.72. The fourth-order valence-corrected chi connectivity index (χ4v) is 4.53. The van der Waals surface area contributed by atoms with Gasteiger partial charge in [0.25, 0.3) is 0 Å². The van der Waals surface area contributed by atoms with Crippen molar-refractivity contribution in [1.82, 2.24) is 5.32 Å².